The largest absolute Gasteiger partial charge is 0.463 e. The highest BCUT2D eigenvalue weighted by Gasteiger charge is 2.86. The van der Waals surface area contributed by atoms with Crippen molar-refractivity contribution >= 4 is 29.2 Å². The molecule has 372 valence electrons. The molecule has 2 fully saturated rings. The first kappa shape index (κ1) is 48.6. The van der Waals surface area contributed by atoms with Gasteiger partial charge >= 0.3 is 5.97 Å². The standard InChI is InChI=1S/C58H74N6O6/c1-36(18-20-40-24-26-61-54-45(40)21-23-50(60-3)64-54)44(34-65)31-57-52(66)46-17-10-16-42-30-56(2,29-38-19-22-49(59)63-33-38)25-8-7-13-39-14-9-15-41-28-48(62-32-37-11-5-4-6-12-37)43(27-47(39)41)35-69-55(68)58(57,70-57)53(67)51(42)46/h9-10,15-17,19,22,24,26,28,33,37,39,43,47-48,50,60,62,65H,4-8,11-14,18,20-21,23,25,27,29-32,34-35H2,1-3H3,(H2,59,63)(H,61,64). The van der Waals surface area contributed by atoms with Crippen LogP contribution in [0.3, 0.4) is 0 Å². The zero-order valence-corrected chi connectivity index (χ0v) is 41.6. The number of aliphatic hydroxyl groups is 1. The summed E-state index contributed by atoms with van der Waals surface area (Å²) in [7, 11) is 1.94. The molecule has 4 aliphatic carbocycles. The minimum Gasteiger partial charge on any atom is -0.463 e. The maximum atomic E-state index is 15.7. The van der Waals surface area contributed by atoms with Crippen molar-refractivity contribution in [3.05, 3.63) is 117 Å². The molecule has 3 aromatic rings. The molecule has 1 saturated carbocycles. The van der Waals surface area contributed by atoms with Crippen molar-refractivity contribution in [1.82, 2.24) is 20.6 Å². The Morgan fingerprint density at radius 2 is 1.83 bits per heavy atom. The van der Waals surface area contributed by atoms with E-state index in [0.717, 1.165) is 80.4 Å². The minimum atomic E-state index is -2.18. The number of cyclic esters (lactones) is 1. The Morgan fingerprint density at radius 1 is 0.986 bits per heavy atom. The molecule has 1 spiro atoms. The van der Waals surface area contributed by atoms with Crippen LogP contribution in [0.15, 0.2) is 83.7 Å². The van der Waals surface area contributed by atoms with Crippen LogP contribution in [0, 0.1) is 29.1 Å². The second kappa shape index (κ2) is 20.2. The molecule has 5 heterocycles. The molecule has 1 aromatic carbocycles. The number of pyridine rings is 2. The normalized spacial score (nSPS) is 31.3. The van der Waals surface area contributed by atoms with Gasteiger partial charge in [-0.1, -0.05) is 87.1 Å². The van der Waals surface area contributed by atoms with Crippen molar-refractivity contribution in [3.8, 4) is 0 Å². The summed E-state index contributed by atoms with van der Waals surface area (Å²) in [4.78, 5) is 55.4. The quantitative estimate of drug-likeness (QED) is 0.0505. The number of hydrogen-bond acceptors (Lipinski definition) is 12. The average Bonchev–Trinajstić information content (AvgIpc) is 4.08. The van der Waals surface area contributed by atoms with Gasteiger partial charge in [0.15, 0.2) is 11.4 Å². The monoisotopic (exact) mass is 951 g/mol. The van der Waals surface area contributed by atoms with E-state index in [1.807, 2.05) is 50.6 Å². The SMILES string of the molecule is CNC1CCc2c(CCC(C)=C(CO)CC34OC35C(=O)OCC3CC6C(=CC3NCC3CCCCC3)C=CCC6CCCCC(C)(Cc3ccc(N)nc3)Cc3cccc(c3C5=O)C4=O)ccnc2N1. The molecule has 10 rings (SSSR count). The lowest BCUT2D eigenvalue weighted by Crippen LogP contribution is -2.52. The third kappa shape index (κ3) is 9.34. The Hall–Kier alpha value is -5.01. The number of benzene rings is 1. The van der Waals surface area contributed by atoms with E-state index in [0.29, 0.717) is 54.8 Å². The molecule has 2 aromatic heterocycles. The van der Waals surface area contributed by atoms with E-state index in [1.165, 1.54) is 48.8 Å². The van der Waals surface area contributed by atoms with E-state index in [-0.39, 0.29) is 54.3 Å². The van der Waals surface area contributed by atoms with Crippen LogP contribution in [-0.4, -0.2) is 82.8 Å². The summed E-state index contributed by atoms with van der Waals surface area (Å²) in [6.45, 7) is 4.90. The molecule has 0 radical (unpaired) electrons. The van der Waals surface area contributed by atoms with Crippen molar-refractivity contribution in [2.75, 3.05) is 37.9 Å². The number of ether oxygens (including phenoxy) is 2. The molecular formula is C58H74N6O6. The first-order chi connectivity index (χ1) is 33.9. The number of carbonyl (C=O) groups excluding carboxylic acids is 3. The Kier molecular flexibility index (Phi) is 14.1. The van der Waals surface area contributed by atoms with Gasteiger partial charge in [-0.15, -0.1) is 0 Å². The molecule has 12 heteroatoms. The maximum Gasteiger partial charge on any atom is 0.350 e. The Morgan fingerprint density at radius 3 is 2.63 bits per heavy atom. The number of allylic oxidation sites excluding steroid dienone is 4. The van der Waals surface area contributed by atoms with Gasteiger partial charge in [0.25, 0.3) is 5.60 Å². The molecular weight excluding hydrogens is 877 g/mol. The Balaban J connectivity index is 1.00. The number of carbonyl (C=O) groups is 3. The Bertz CT molecular complexity index is 2570. The number of hydrogen-bond donors (Lipinski definition) is 5. The molecule has 7 aliphatic rings. The van der Waals surface area contributed by atoms with Crippen molar-refractivity contribution in [2.45, 2.75) is 153 Å². The highest BCUT2D eigenvalue weighted by molar-refractivity contribution is 6.33. The topological polar surface area (TPSA) is 181 Å². The fourth-order valence-electron chi connectivity index (χ4n) is 13.5. The lowest BCUT2D eigenvalue weighted by atomic mass is 9.67. The average molecular weight is 951 g/mol. The maximum absolute atomic E-state index is 15.7. The highest BCUT2D eigenvalue weighted by atomic mass is 16.7. The summed E-state index contributed by atoms with van der Waals surface area (Å²) in [6.07, 6.45) is 27.3. The predicted molar refractivity (Wildman–Crippen MR) is 272 cm³/mol. The van der Waals surface area contributed by atoms with E-state index >= 15 is 14.4 Å². The number of esters is 1. The number of nitrogens with two attached hydrogens (primary N) is 1. The number of ketones is 2. The lowest BCUT2D eigenvalue weighted by Gasteiger charge is -2.41. The van der Waals surface area contributed by atoms with Crippen molar-refractivity contribution < 1.29 is 29.0 Å². The van der Waals surface area contributed by atoms with E-state index in [9.17, 15) is 5.11 Å². The molecule has 70 heavy (non-hydrogen) atoms. The number of aromatic nitrogens is 2. The number of nitrogens with zero attached hydrogens (tertiary/aromatic N) is 2. The molecule has 0 amide bonds. The predicted octanol–water partition coefficient (Wildman–Crippen LogP) is 8.77. The van der Waals surface area contributed by atoms with E-state index in [2.05, 4.69) is 57.1 Å². The van der Waals surface area contributed by atoms with Crippen LogP contribution in [0.2, 0.25) is 0 Å². The summed E-state index contributed by atoms with van der Waals surface area (Å²) in [5, 5.41) is 21.8. The Labute approximate surface area is 414 Å². The number of aliphatic hydroxyl groups excluding tert-OH is 1. The second-order valence-electron chi connectivity index (χ2n) is 22.4. The van der Waals surface area contributed by atoms with E-state index in [1.54, 1.807) is 6.07 Å². The second-order valence-corrected chi connectivity index (χ2v) is 22.4. The van der Waals surface area contributed by atoms with E-state index < -0.39 is 28.7 Å². The fourth-order valence-corrected chi connectivity index (χ4v) is 13.5. The van der Waals surface area contributed by atoms with Crippen LogP contribution in [-0.2, 0) is 40.0 Å². The number of nitrogens with one attached hydrogen (secondary N) is 3. The van der Waals surface area contributed by atoms with E-state index in [4.69, 9.17) is 15.2 Å². The summed E-state index contributed by atoms with van der Waals surface area (Å²) in [6, 6.07) is 11.4. The van der Waals surface area contributed by atoms with Crippen LogP contribution in [0.1, 0.15) is 147 Å². The molecule has 12 nitrogen and oxygen atoms in total. The van der Waals surface area contributed by atoms with Crippen LogP contribution in [0.25, 0.3) is 0 Å². The van der Waals surface area contributed by atoms with Gasteiger partial charge in [0.05, 0.1) is 19.4 Å². The number of nitrogen functional groups attached to an aromatic ring is 1. The third-order valence-electron chi connectivity index (χ3n) is 17.7. The van der Waals surface area contributed by atoms with Gasteiger partial charge in [0.2, 0.25) is 5.78 Å². The van der Waals surface area contributed by atoms with Crippen molar-refractivity contribution in [3.63, 3.8) is 0 Å². The summed E-state index contributed by atoms with van der Waals surface area (Å²) < 4.78 is 13.1. The first-order valence-corrected chi connectivity index (χ1v) is 26.5. The molecule has 1 saturated heterocycles. The van der Waals surface area contributed by atoms with Crippen LogP contribution >= 0.6 is 0 Å². The lowest BCUT2D eigenvalue weighted by molar-refractivity contribution is -0.150. The number of rotatable bonds is 12. The molecule has 4 bridgehead atoms. The number of Topliss-reactive ketones (excluding diaryl/α,β-unsaturated/α-hetero) is 2. The van der Waals surface area contributed by atoms with Crippen molar-refractivity contribution in [2.24, 2.45) is 29.1 Å². The summed E-state index contributed by atoms with van der Waals surface area (Å²) in [5.74, 6) is 1.00. The highest BCUT2D eigenvalue weighted by Crippen LogP contribution is 2.60. The molecule has 8 atom stereocenters. The van der Waals surface area contributed by atoms with Gasteiger partial charge in [0, 0.05) is 41.9 Å². The van der Waals surface area contributed by atoms with Crippen LogP contribution in [0.4, 0.5) is 11.6 Å². The number of anilines is 2. The summed E-state index contributed by atoms with van der Waals surface area (Å²) >= 11 is 0. The van der Waals surface area contributed by atoms with Gasteiger partial charge in [-0.3, -0.25) is 9.59 Å². The molecule has 3 aliphatic heterocycles. The molecule has 6 N–H and O–H groups in total. The van der Waals surface area contributed by atoms with Crippen LogP contribution in [0.5, 0.6) is 0 Å². The number of fused-ring (bicyclic) bond motifs is 2. The van der Waals surface area contributed by atoms with Gasteiger partial charge in [0.1, 0.15) is 11.6 Å². The molecule has 8 unspecified atom stereocenters. The smallest absolute Gasteiger partial charge is 0.350 e. The van der Waals surface area contributed by atoms with Gasteiger partial charge in [-0.05, 0) is 166 Å². The van der Waals surface area contributed by atoms with Crippen molar-refractivity contribution in [1.29, 1.82) is 0 Å². The third-order valence-corrected chi connectivity index (χ3v) is 17.7. The zero-order valence-electron chi connectivity index (χ0n) is 41.6. The fraction of sp³-hybridized carbons (Fsp3) is 0.569. The van der Waals surface area contributed by atoms with Gasteiger partial charge < -0.3 is 36.3 Å². The first-order valence-electron chi connectivity index (χ1n) is 26.5. The summed E-state index contributed by atoms with van der Waals surface area (Å²) in [5.41, 5.74) is 9.16. The van der Waals surface area contributed by atoms with Crippen LogP contribution < -0.4 is 21.7 Å². The minimum absolute atomic E-state index is 0.00788. The zero-order chi connectivity index (χ0) is 48.6. The van der Waals surface area contributed by atoms with Gasteiger partial charge in [-0.25, -0.2) is 14.8 Å². The van der Waals surface area contributed by atoms with Gasteiger partial charge in [-0.2, -0.15) is 0 Å². The number of aryl methyl sites for hydroxylation is 1. The number of epoxide rings is 1.